The van der Waals surface area contributed by atoms with E-state index in [4.69, 9.17) is 4.74 Å². The van der Waals surface area contributed by atoms with Crippen LogP contribution in [-0.4, -0.2) is 50.7 Å². The Morgan fingerprint density at radius 1 is 1.19 bits per heavy atom. The molecule has 2 unspecified atom stereocenters. The molecule has 0 spiro atoms. The van der Waals surface area contributed by atoms with Gasteiger partial charge >= 0.3 is 10.2 Å². The van der Waals surface area contributed by atoms with E-state index >= 15 is 4.39 Å². The zero-order chi connectivity index (χ0) is 22.2. The highest BCUT2D eigenvalue weighted by Crippen LogP contribution is 2.46. The summed E-state index contributed by atoms with van der Waals surface area (Å²) < 4.78 is 76.3. The van der Waals surface area contributed by atoms with Gasteiger partial charge in [0.25, 0.3) is 5.91 Å². The molecule has 1 aromatic carbocycles. The molecule has 2 aliphatic carbocycles. The number of rotatable bonds is 8. The van der Waals surface area contributed by atoms with E-state index in [-0.39, 0.29) is 24.7 Å². The average molecular weight is 461 g/mol. The van der Waals surface area contributed by atoms with Gasteiger partial charge in [-0.2, -0.15) is 12.7 Å². The van der Waals surface area contributed by atoms with Crippen molar-refractivity contribution < 1.29 is 31.1 Å². The van der Waals surface area contributed by atoms with Gasteiger partial charge in [-0.05, 0) is 49.7 Å². The van der Waals surface area contributed by atoms with E-state index < -0.39 is 45.8 Å². The number of benzene rings is 1. The molecule has 1 aliphatic heterocycles. The number of hydrogen-bond donors (Lipinski definition) is 1. The zero-order valence-electron chi connectivity index (χ0n) is 17.2. The second-order valence-electron chi connectivity index (χ2n) is 8.75. The second kappa shape index (κ2) is 8.61. The number of carbonyl (C=O) groups is 1. The summed E-state index contributed by atoms with van der Waals surface area (Å²) in [6.07, 6.45) is 4.38. The Morgan fingerprint density at radius 2 is 1.94 bits per heavy atom. The number of halogens is 3. The van der Waals surface area contributed by atoms with Crippen LogP contribution in [0.1, 0.15) is 66.8 Å². The van der Waals surface area contributed by atoms with Crippen molar-refractivity contribution in [2.45, 2.75) is 56.5 Å². The van der Waals surface area contributed by atoms with Crippen molar-refractivity contribution in [1.82, 2.24) is 9.03 Å². The Kier molecular flexibility index (Phi) is 6.22. The number of carbonyl (C=O) groups excluding carboxylic acids is 1. The lowest BCUT2D eigenvalue weighted by Crippen LogP contribution is -2.49. The Balaban J connectivity index is 1.53. The van der Waals surface area contributed by atoms with E-state index in [1.807, 2.05) is 4.72 Å². The number of nitrogens with one attached hydrogen (secondary N) is 1. The molecule has 1 N–H and O–H groups in total. The van der Waals surface area contributed by atoms with Crippen LogP contribution in [0.5, 0.6) is 5.75 Å². The smallest absolute Gasteiger partial charge is 0.304 e. The highest BCUT2D eigenvalue weighted by molar-refractivity contribution is 7.87. The molecule has 0 radical (unpaired) electrons. The topological polar surface area (TPSA) is 75.7 Å². The molecule has 3 aliphatic rings. The number of alkyl halides is 2. The van der Waals surface area contributed by atoms with Gasteiger partial charge in [0, 0.05) is 25.1 Å². The summed E-state index contributed by atoms with van der Waals surface area (Å²) in [6.45, 7) is -0.518. The highest BCUT2D eigenvalue weighted by Gasteiger charge is 2.42. The first-order chi connectivity index (χ1) is 14.7. The molecule has 4 rings (SSSR count). The first-order valence-corrected chi connectivity index (χ1v) is 12.2. The lowest BCUT2D eigenvalue weighted by Gasteiger charge is -2.36. The fourth-order valence-electron chi connectivity index (χ4n) is 4.22. The van der Waals surface area contributed by atoms with Gasteiger partial charge in [0.05, 0.1) is 12.2 Å². The van der Waals surface area contributed by atoms with Crippen molar-refractivity contribution in [1.29, 1.82) is 0 Å². The van der Waals surface area contributed by atoms with Gasteiger partial charge in [0.1, 0.15) is 23.8 Å². The molecule has 1 aromatic rings. The first kappa shape index (κ1) is 22.4. The normalized spacial score (nSPS) is 26.9. The maximum atomic E-state index is 15.3. The van der Waals surface area contributed by atoms with Crippen molar-refractivity contribution in [2.24, 2.45) is 5.92 Å². The van der Waals surface area contributed by atoms with Gasteiger partial charge in [-0.3, -0.25) is 9.18 Å². The Bertz CT molecular complexity index is 950. The van der Waals surface area contributed by atoms with E-state index in [9.17, 15) is 22.0 Å². The molecule has 0 aromatic heterocycles. The van der Waals surface area contributed by atoms with Gasteiger partial charge in [0.15, 0.2) is 0 Å². The maximum absolute atomic E-state index is 15.3. The summed E-state index contributed by atoms with van der Waals surface area (Å²) in [7, 11) is -4.01. The van der Waals surface area contributed by atoms with Crippen LogP contribution in [0.25, 0.3) is 0 Å². The van der Waals surface area contributed by atoms with Crippen molar-refractivity contribution in [3.8, 4) is 5.75 Å². The molecule has 0 bridgehead atoms. The lowest BCUT2D eigenvalue weighted by atomic mass is 9.78. The molecule has 10 heteroatoms. The predicted molar refractivity (Wildman–Crippen MR) is 108 cm³/mol. The second-order valence-corrected chi connectivity index (χ2v) is 10.4. The maximum Gasteiger partial charge on any atom is 0.304 e. The average Bonchev–Trinajstić information content (AvgIpc) is 3.49. The van der Waals surface area contributed by atoms with E-state index in [0.717, 1.165) is 29.6 Å². The van der Waals surface area contributed by atoms with Gasteiger partial charge in [-0.15, -0.1) is 0 Å². The van der Waals surface area contributed by atoms with Crippen LogP contribution in [0.3, 0.4) is 0 Å². The minimum atomic E-state index is -4.01. The molecule has 172 valence electrons. The van der Waals surface area contributed by atoms with E-state index in [1.165, 1.54) is 6.07 Å². The monoisotopic (exact) mass is 460 g/mol. The van der Waals surface area contributed by atoms with E-state index in [1.54, 1.807) is 0 Å². The van der Waals surface area contributed by atoms with Crippen LogP contribution in [0.2, 0.25) is 0 Å². The minimum Gasteiger partial charge on any atom is -0.490 e. The van der Waals surface area contributed by atoms with Gasteiger partial charge in [-0.1, -0.05) is 12.8 Å². The number of hydrogen-bond acceptors (Lipinski definition) is 4. The molecular formula is C21H27F3N2O4S. The third-order valence-corrected chi connectivity index (χ3v) is 8.01. The highest BCUT2D eigenvalue weighted by atomic mass is 32.2. The van der Waals surface area contributed by atoms with Crippen LogP contribution < -0.4 is 9.46 Å². The van der Waals surface area contributed by atoms with Crippen LogP contribution in [0, 0.1) is 11.7 Å². The van der Waals surface area contributed by atoms with Gasteiger partial charge in [-0.25, -0.2) is 13.5 Å². The standard InChI is InChI=1S/C21H27F3N2O4S/c22-12-15-4-1-2-7-21(15,24)13-30-19-11-18(23)17(10-16(19)14-5-6-14)20(27)25-31(28,29)26-8-3-9-26/h10-11,14-15H,1-9,12-13H2,(H,25,27). The van der Waals surface area contributed by atoms with Crippen molar-refractivity contribution in [3.05, 3.63) is 29.1 Å². The fraction of sp³-hybridized carbons (Fsp3) is 0.667. The third kappa shape index (κ3) is 4.69. The molecule has 1 heterocycles. The number of ether oxygens (including phenoxy) is 1. The van der Waals surface area contributed by atoms with Crippen molar-refractivity contribution in [3.63, 3.8) is 0 Å². The quantitative estimate of drug-likeness (QED) is 0.643. The molecule has 6 nitrogen and oxygen atoms in total. The summed E-state index contributed by atoms with van der Waals surface area (Å²) in [5.74, 6) is -2.58. The summed E-state index contributed by atoms with van der Waals surface area (Å²) in [4.78, 5) is 12.5. The Labute approximate surface area is 180 Å². The predicted octanol–water partition coefficient (Wildman–Crippen LogP) is 3.63. The lowest BCUT2D eigenvalue weighted by molar-refractivity contribution is -0.0154. The molecule has 3 fully saturated rings. The van der Waals surface area contributed by atoms with Crippen LogP contribution in [0.15, 0.2) is 12.1 Å². The molecular weight excluding hydrogens is 433 g/mol. The van der Waals surface area contributed by atoms with Crippen LogP contribution in [0.4, 0.5) is 13.2 Å². The molecule has 31 heavy (non-hydrogen) atoms. The summed E-state index contributed by atoms with van der Waals surface area (Å²) in [6, 6.07) is 2.30. The fourth-order valence-corrected chi connectivity index (χ4v) is 5.44. The molecule has 1 amide bonds. The SMILES string of the molecule is O=C(NS(=O)(=O)N1CCC1)c1cc(C2CC2)c(OCC2(F)CCCCC2CF)cc1F. The Hall–Kier alpha value is -1.81. The van der Waals surface area contributed by atoms with Gasteiger partial charge < -0.3 is 4.74 Å². The largest absolute Gasteiger partial charge is 0.490 e. The number of amides is 1. The Morgan fingerprint density at radius 3 is 2.55 bits per heavy atom. The first-order valence-electron chi connectivity index (χ1n) is 10.8. The van der Waals surface area contributed by atoms with Crippen molar-refractivity contribution >= 4 is 16.1 Å². The van der Waals surface area contributed by atoms with Gasteiger partial charge in [0.2, 0.25) is 0 Å². The van der Waals surface area contributed by atoms with E-state index in [2.05, 4.69) is 0 Å². The van der Waals surface area contributed by atoms with Crippen molar-refractivity contribution in [2.75, 3.05) is 26.4 Å². The summed E-state index contributed by atoms with van der Waals surface area (Å²) >= 11 is 0. The molecule has 2 saturated carbocycles. The van der Waals surface area contributed by atoms with E-state index in [0.29, 0.717) is 37.9 Å². The zero-order valence-corrected chi connectivity index (χ0v) is 18.0. The minimum absolute atomic E-state index is 0.0352. The number of nitrogens with zero attached hydrogens (tertiary/aromatic N) is 1. The molecule has 2 atom stereocenters. The van der Waals surface area contributed by atoms with Crippen LogP contribution >= 0.6 is 0 Å². The summed E-state index contributed by atoms with van der Waals surface area (Å²) in [5, 5.41) is 0. The third-order valence-electron chi connectivity index (χ3n) is 6.52. The van der Waals surface area contributed by atoms with Crippen LogP contribution in [-0.2, 0) is 10.2 Å². The summed E-state index contributed by atoms with van der Waals surface area (Å²) in [5.41, 5.74) is -1.66. The molecule has 1 saturated heterocycles.